The molecule has 0 saturated heterocycles. The highest BCUT2D eigenvalue weighted by Crippen LogP contribution is 2.41. The second-order valence-electron chi connectivity index (χ2n) is 11.8. The molecule has 0 saturated carbocycles. The largest absolute Gasteiger partial charge is 0.324 e. The van der Waals surface area contributed by atoms with E-state index in [2.05, 4.69) is 96.8 Å². The van der Waals surface area contributed by atoms with Gasteiger partial charge in [-0.2, -0.15) is 0 Å². The minimum absolute atomic E-state index is 0.0940. The highest BCUT2D eigenvalue weighted by Gasteiger charge is 2.27. The van der Waals surface area contributed by atoms with Crippen molar-refractivity contribution in [2.75, 3.05) is 6.54 Å². The summed E-state index contributed by atoms with van der Waals surface area (Å²) in [5.41, 5.74) is 18.4. The number of rotatable bonds is 18. The van der Waals surface area contributed by atoms with Gasteiger partial charge in [0, 0.05) is 42.5 Å². The van der Waals surface area contributed by atoms with Gasteiger partial charge in [-0.1, -0.05) is 103 Å². The van der Waals surface area contributed by atoms with Crippen LogP contribution in [0.5, 0.6) is 0 Å². The number of nitrogens with two attached hydrogens (primary N) is 1. The number of hydrazine groups is 1. The van der Waals surface area contributed by atoms with E-state index in [4.69, 9.17) is 5.73 Å². The molecule has 0 spiro atoms. The zero-order chi connectivity index (χ0) is 30.7. The van der Waals surface area contributed by atoms with E-state index in [1.165, 1.54) is 36.8 Å². The SMILES string of the molecule is C=CC=N/C=C/CC/C=C\C(=C)NNC[C@H](C=C)C(N)/C=C/C1CC=C2CC(/C(=C/C3=CCCCC3)CC=C)C=CC2C1. The third kappa shape index (κ3) is 12.3. The van der Waals surface area contributed by atoms with Crippen LogP contribution in [0.2, 0.25) is 0 Å². The Bertz CT molecular complexity index is 1170. The normalized spacial score (nSPS) is 24.1. The second-order valence-corrected chi connectivity index (χ2v) is 11.8. The van der Waals surface area contributed by atoms with Gasteiger partial charge in [-0.15, -0.1) is 13.2 Å². The van der Waals surface area contributed by atoms with Gasteiger partial charge >= 0.3 is 0 Å². The topological polar surface area (TPSA) is 62.4 Å². The molecule has 230 valence electrons. The van der Waals surface area contributed by atoms with Crippen LogP contribution in [0.15, 0.2) is 139 Å². The van der Waals surface area contributed by atoms with Crippen LogP contribution in [0.25, 0.3) is 0 Å². The van der Waals surface area contributed by atoms with Crippen molar-refractivity contribution in [3.05, 3.63) is 134 Å². The molecule has 4 heteroatoms. The molecule has 4 N–H and O–H groups in total. The summed E-state index contributed by atoms with van der Waals surface area (Å²) in [7, 11) is 0. The average Bonchev–Trinajstić information content (AvgIpc) is 3.03. The van der Waals surface area contributed by atoms with Gasteiger partial charge in [0.05, 0.1) is 0 Å². The van der Waals surface area contributed by atoms with Gasteiger partial charge in [0.2, 0.25) is 0 Å². The maximum Gasteiger partial charge on any atom is 0.0412 e. The number of nitrogens with one attached hydrogen (secondary N) is 2. The Balaban J connectivity index is 1.43. The highest BCUT2D eigenvalue weighted by atomic mass is 15.4. The summed E-state index contributed by atoms with van der Waals surface area (Å²) >= 11 is 0. The monoisotopic (exact) mass is 578 g/mol. The number of hydrogen-bond donors (Lipinski definition) is 3. The van der Waals surface area contributed by atoms with Crippen molar-refractivity contribution >= 4 is 6.21 Å². The van der Waals surface area contributed by atoms with E-state index in [1.807, 2.05) is 18.2 Å². The minimum Gasteiger partial charge on any atom is -0.324 e. The van der Waals surface area contributed by atoms with Crippen molar-refractivity contribution in [3.8, 4) is 0 Å². The van der Waals surface area contributed by atoms with Gasteiger partial charge in [0.15, 0.2) is 0 Å². The fourth-order valence-corrected chi connectivity index (χ4v) is 5.98. The summed E-state index contributed by atoms with van der Waals surface area (Å²) < 4.78 is 0. The smallest absolute Gasteiger partial charge is 0.0412 e. The lowest BCUT2D eigenvalue weighted by atomic mass is 9.72. The van der Waals surface area contributed by atoms with Crippen molar-refractivity contribution in [1.82, 2.24) is 10.9 Å². The first kappa shape index (κ1) is 34.0. The molecular formula is C39H54N4. The molecule has 0 aromatic carbocycles. The molecule has 4 nitrogen and oxygen atoms in total. The van der Waals surface area contributed by atoms with Gasteiger partial charge in [-0.05, 0) is 82.1 Å². The second kappa shape index (κ2) is 19.7. The molecule has 3 aliphatic rings. The first-order valence-electron chi connectivity index (χ1n) is 16.1. The van der Waals surface area contributed by atoms with Crippen LogP contribution in [0.1, 0.15) is 64.2 Å². The zero-order valence-electron chi connectivity index (χ0n) is 26.2. The number of fused-ring (bicyclic) bond motifs is 1. The molecule has 3 rings (SSSR count). The number of nitrogens with zero attached hydrogens (tertiary/aromatic N) is 1. The van der Waals surface area contributed by atoms with E-state index in [0.29, 0.717) is 24.3 Å². The van der Waals surface area contributed by atoms with Gasteiger partial charge in [-0.25, -0.2) is 5.43 Å². The molecule has 0 amide bonds. The summed E-state index contributed by atoms with van der Waals surface area (Å²) in [6.45, 7) is 16.4. The first-order chi connectivity index (χ1) is 21.0. The average molecular weight is 579 g/mol. The highest BCUT2D eigenvalue weighted by molar-refractivity contribution is 5.70. The summed E-state index contributed by atoms with van der Waals surface area (Å²) in [6, 6.07) is -0.0940. The van der Waals surface area contributed by atoms with Gasteiger partial charge in [-0.3, -0.25) is 4.99 Å². The molecular weight excluding hydrogens is 524 g/mol. The van der Waals surface area contributed by atoms with Crippen LogP contribution in [0.3, 0.4) is 0 Å². The van der Waals surface area contributed by atoms with Crippen LogP contribution in [0.4, 0.5) is 0 Å². The molecule has 0 aromatic rings. The van der Waals surface area contributed by atoms with E-state index >= 15 is 0 Å². The van der Waals surface area contributed by atoms with Gasteiger partial charge in [0.25, 0.3) is 0 Å². The fourth-order valence-electron chi connectivity index (χ4n) is 5.98. The zero-order valence-corrected chi connectivity index (χ0v) is 26.2. The number of unbranched alkanes of at least 4 members (excludes halogenated alkanes) is 1. The van der Waals surface area contributed by atoms with E-state index in [9.17, 15) is 0 Å². The molecule has 4 unspecified atom stereocenters. The molecule has 43 heavy (non-hydrogen) atoms. The summed E-state index contributed by atoms with van der Waals surface area (Å²) in [5.74, 6) is 1.66. The van der Waals surface area contributed by atoms with E-state index < -0.39 is 0 Å². The summed E-state index contributed by atoms with van der Waals surface area (Å²) in [4.78, 5) is 4.06. The van der Waals surface area contributed by atoms with Gasteiger partial charge < -0.3 is 11.2 Å². The predicted molar refractivity (Wildman–Crippen MR) is 188 cm³/mol. The molecule has 5 atom stereocenters. The lowest BCUT2D eigenvalue weighted by molar-refractivity contribution is 0.455. The summed E-state index contributed by atoms with van der Waals surface area (Å²) in [6.07, 6.45) is 43.4. The van der Waals surface area contributed by atoms with Crippen molar-refractivity contribution in [2.45, 2.75) is 70.3 Å². The number of hydrogen-bond acceptors (Lipinski definition) is 4. The molecule has 0 fully saturated rings. The van der Waals surface area contributed by atoms with E-state index in [1.54, 1.807) is 24.1 Å². The third-order valence-electron chi connectivity index (χ3n) is 8.49. The minimum atomic E-state index is -0.0940. The number of allylic oxidation sites excluding steroid dienone is 14. The Labute approximate surface area is 261 Å². The standard InChI is InChI=1S/C39H54N4/c1-5-15-35(27-32-17-12-10-13-18-32)38-23-22-36-28-33(19-21-37(36)29-38)20-24-39(40)34(7-3)30-42-43-31(4)16-11-8-9-14-26-41-25-6-2/h5-7,11,14,16-17,20-27,33-34,36,38-39,42-43H,1-4,8-10,12-13,15,18-19,28-30,40H2/b16-11-,24-20+,26-14+,35-27+,41-25?/t33?,34-,36?,38?,39?/m0/s1. The molecule has 0 aliphatic heterocycles. The molecule has 3 aliphatic carbocycles. The Hall–Kier alpha value is -3.47. The van der Waals surface area contributed by atoms with Crippen molar-refractivity contribution in [2.24, 2.45) is 34.4 Å². The molecule has 0 heterocycles. The van der Waals surface area contributed by atoms with E-state index in [-0.39, 0.29) is 12.0 Å². The lowest BCUT2D eigenvalue weighted by Crippen LogP contribution is -2.40. The van der Waals surface area contributed by atoms with Crippen LogP contribution >= 0.6 is 0 Å². The Kier molecular flexibility index (Phi) is 15.6. The van der Waals surface area contributed by atoms with Crippen LogP contribution in [-0.4, -0.2) is 18.8 Å². The molecule has 0 radical (unpaired) electrons. The van der Waals surface area contributed by atoms with Crippen LogP contribution < -0.4 is 16.6 Å². The van der Waals surface area contributed by atoms with Crippen molar-refractivity contribution in [1.29, 1.82) is 0 Å². The van der Waals surface area contributed by atoms with Crippen molar-refractivity contribution in [3.63, 3.8) is 0 Å². The van der Waals surface area contributed by atoms with Crippen molar-refractivity contribution < 1.29 is 0 Å². The van der Waals surface area contributed by atoms with Crippen LogP contribution in [0, 0.1) is 23.7 Å². The summed E-state index contributed by atoms with van der Waals surface area (Å²) in [5, 5.41) is 0. The predicted octanol–water partition coefficient (Wildman–Crippen LogP) is 8.92. The first-order valence-corrected chi connectivity index (χ1v) is 16.1. The Morgan fingerprint density at radius 2 is 1.98 bits per heavy atom. The lowest BCUT2D eigenvalue weighted by Gasteiger charge is -2.33. The Morgan fingerprint density at radius 3 is 2.74 bits per heavy atom. The van der Waals surface area contributed by atoms with E-state index in [0.717, 1.165) is 44.2 Å². The third-order valence-corrected chi connectivity index (χ3v) is 8.49. The Morgan fingerprint density at radius 1 is 1.12 bits per heavy atom. The van der Waals surface area contributed by atoms with Gasteiger partial charge in [0.1, 0.15) is 0 Å². The quantitative estimate of drug-likeness (QED) is 0.0500. The maximum absolute atomic E-state index is 6.58. The molecule has 0 aromatic heterocycles. The maximum atomic E-state index is 6.58. The fraction of sp³-hybridized carbons (Fsp3) is 0.410. The molecule has 0 bridgehead atoms. The number of aliphatic imine (C=N–C) groups is 1. The van der Waals surface area contributed by atoms with Crippen LogP contribution in [-0.2, 0) is 0 Å².